The number of thioether (sulfide) groups is 1. The average Bonchev–Trinajstić information content (AvgIpc) is 3.56. The molecule has 2 aliphatic heterocycles. The Labute approximate surface area is 251 Å². The molecule has 2 aliphatic rings. The molecule has 2 atom stereocenters. The number of fused-ring (bicyclic) bond motifs is 1. The quantitative estimate of drug-likeness (QED) is 0.0763. The van der Waals surface area contributed by atoms with Crippen molar-refractivity contribution in [1.29, 1.82) is 0 Å². The number of tetrazole rings is 1. The van der Waals surface area contributed by atoms with Crippen LogP contribution in [0.5, 0.6) is 0 Å². The van der Waals surface area contributed by atoms with Crippen LogP contribution in [0.15, 0.2) is 16.2 Å². The molecule has 0 saturated carbocycles. The standard InChI is InChI=1S/C23H23N9O7S3/c1-5-6-31-16(27-29-30-31)11-8-41-20-23(10-40,19(37)32(20)15(11)18(35)36)26-17(34)14(12-9-42-21(24)25-12)28-38-7-13(33)39-22(2,3)4/h1,9-10,20H,6-8H2,2-4H3,(H2,24,25)(H,26,34)(H,35,36)/t20-,23?/m0/s1. The molecule has 2 amide bonds. The molecule has 0 aliphatic carbocycles. The molecular formula is C23H23N9O7S3. The minimum absolute atomic E-state index is 0.00684. The Balaban J connectivity index is 1.62. The van der Waals surface area contributed by atoms with Gasteiger partial charge in [0.2, 0.25) is 6.61 Å². The van der Waals surface area contributed by atoms with E-state index in [1.165, 1.54) is 10.1 Å². The lowest BCUT2D eigenvalue weighted by Gasteiger charge is -2.55. The molecule has 19 heteroatoms. The van der Waals surface area contributed by atoms with Crippen molar-refractivity contribution in [2.45, 2.75) is 43.8 Å². The van der Waals surface area contributed by atoms with Crippen molar-refractivity contribution in [3.8, 4) is 12.3 Å². The number of amides is 2. The zero-order chi connectivity index (χ0) is 30.8. The highest BCUT2D eigenvalue weighted by Gasteiger charge is 2.65. The first-order chi connectivity index (χ1) is 19.8. The number of nitrogens with zero attached hydrogens (tertiary/aromatic N) is 7. The van der Waals surface area contributed by atoms with E-state index < -0.39 is 52.6 Å². The normalized spacial score (nSPS) is 20.2. The summed E-state index contributed by atoms with van der Waals surface area (Å²) in [5.41, 5.74) is 2.54. The fraction of sp³-hybridized carbons (Fsp3) is 0.391. The number of nitrogen functional groups attached to an aromatic ring is 1. The van der Waals surface area contributed by atoms with Gasteiger partial charge in [-0.15, -0.1) is 34.6 Å². The summed E-state index contributed by atoms with van der Waals surface area (Å²) in [5.74, 6) is -1.41. The van der Waals surface area contributed by atoms with E-state index >= 15 is 0 Å². The molecule has 4 rings (SSSR count). The van der Waals surface area contributed by atoms with E-state index in [0.29, 0.717) is 0 Å². The van der Waals surface area contributed by atoms with Crippen molar-refractivity contribution in [2.75, 3.05) is 18.1 Å². The fourth-order valence-corrected chi connectivity index (χ4v) is 6.34. The zero-order valence-corrected chi connectivity index (χ0v) is 24.7. The Morgan fingerprint density at radius 1 is 1.43 bits per heavy atom. The number of aromatic nitrogens is 5. The van der Waals surface area contributed by atoms with Gasteiger partial charge in [0.05, 0.1) is 0 Å². The maximum absolute atomic E-state index is 13.6. The predicted molar refractivity (Wildman–Crippen MR) is 154 cm³/mol. The summed E-state index contributed by atoms with van der Waals surface area (Å²) in [6, 6.07) is 0. The van der Waals surface area contributed by atoms with E-state index in [4.69, 9.17) is 33.9 Å². The summed E-state index contributed by atoms with van der Waals surface area (Å²) in [5, 5.41) is 29.2. The van der Waals surface area contributed by atoms with Crippen molar-refractivity contribution in [1.82, 2.24) is 35.4 Å². The van der Waals surface area contributed by atoms with Crippen LogP contribution in [0.3, 0.4) is 0 Å². The monoisotopic (exact) mass is 633 g/mol. The summed E-state index contributed by atoms with van der Waals surface area (Å²) in [6.45, 7) is 4.37. The first kappa shape index (κ1) is 30.5. The second-order valence-corrected chi connectivity index (χ2v) is 11.8. The number of carbonyl (C=O) groups excluding carboxylic acids is 3. The van der Waals surface area contributed by atoms with E-state index in [0.717, 1.165) is 33.4 Å². The lowest BCUT2D eigenvalue weighted by molar-refractivity contribution is -0.160. The summed E-state index contributed by atoms with van der Waals surface area (Å²) in [7, 11) is 0. The first-order valence-corrected chi connectivity index (χ1v) is 14.3. The number of β-lactam (4-membered cyclic amide) rings is 1. The molecule has 2 aromatic heterocycles. The number of hydrogen-bond donors (Lipinski definition) is 3. The summed E-state index contributed by atoms with van der Waals surface area (Å²) in [6.07, 6.45) is 5.36. The number of hydrogen-bond acceptors (Lipinski definition) is 15. The molecule has 1 fully saturated rings. The van der Waals surface area contributed by atoms with Gasteiger partial charge >= 0.3 is 11.9 Å². The van der Waals surface area contributed by atoms with Crippen LogP contribution in [0.2, 0.25) is 0 Å². The Morgan fingerprint density at radius 2 is 2.17 bits per heavy atom. The number of anilines is 1. The van der Waals surface area contributed by atoms with Gasteiger partial charge in [-0.3, -0.25) is 14.5 Å². The van der Waals surface area contributed by atoms with Crippen LogP contribution in [-0.4, -0.2) is 98.9 Å². The average molecular weight is 634 g/mol. The molecule has 0 aromatic carbocycles. The van der Waals surface area contributed by atoms with Gasteiger partial charge in [0.1, 0.15) is 28.9 Å². The maximum atomic E-state index is 13.6. The molecule has 16 nitrogen and oxygen atoms in total. The molecule has 0 spiro atoms. The minimum atomic E-state index is -1.80. The molecule has 42 heavy (non-hydrogen) atoms. The van der Waals surface area contributed by atoms with Crippen LogP contribution < -0.4 is 11.1 Å². The number of oxime groups is 1. The predicted octanol–water partition coefficient (Wildman–Crippen LogP) is -0.327. The molecule has 4 N–H and O–H groups in total. The number of aliphatic carboxylic acids is 1. The SMILES string of the molecule is C#CCn1nnnc1C1=C(C(=O)O)N2C(=O)C(C=S)(NC(=O)C(=NOCC(=O)OC(C)(C)C)c3csc(N)n3)[C@@H]2SC1. The van der Waals surface area contributed by atoms with Crippen LogP contribution in [-0.2, 0) is 35.3 Å². The van der Waals surface area contributed by atoms with Gasteiger partial charge in [-0.05, 0) is 31.2 Å². The zero-order valence-electron chi connectivity index (χ0n) is 22.3. The molecule has 1 unspecified atom stereocenters. The van der Waals surface area contributed by atoms with Crippen LogP contribution in [0.25, 0.3) is 5.57 Å². The molecule has 1 saturated heterocycles. The van der Waals surface area contributed by atoms with Crippen molar-refractivity contribution >= 4 is 80.9 Å². The smallest absolute Gasteiger partial charge is 0.353 e. The third kappa shape index (κ3) is 5.81. The number of esters is 1. The van der Waals surface area contributed by atoms with Crippen molar-refractivity contribution < 1.29 is 33.9 Å². The lowest BCUT2D eigenvalue weighted by atomic mass is 9.87. The van der Waals surface area contributed by atoms with Crippen LogP contribution in [0, 0.1) is 12.3 Å². The van der Waals surface area contributed by atoms with Gasteiger partial charge in [0.25, 0.3) is 11.8 Å². The first-order valence-electron chi connectivity index (χ1n) is 11.9. The van der Waals surface area contributed by atoms with Gasteiger partial charge in [0, 0.05) is 22.1 Å². The molecular weight excluding hydrogens is 611 g/mol. The van der Waals surface area contributed by atoms with Crippen molar-refractivity contribution in [2.24, 2.45) is 5.16 Å². The molecule has 2 aromatic rings. The Bertz CT molecular complexity index is 1570. The number of thiazole rings is 1. The fourth-order valence-electron chi connectivity index (χ4n) is 3.99. The maximum Gasteiger partial charge on any atom is 0.353 e. The highest BCUT2D eigenvalue weighted by Crippen LogP contribution is 2.47. The molecule has 220 valence electrons. The highest BCUT2D eigenvalue weighted by molar-refractivity contribution is 8.00. The molecule has 4 heterocycles. The third-order valence-corrected chi connectivity index (χ3v) is 8.00. The number of carboxylic acid groups (broad SMARTS) is 1. The topological polar surface area (TPSA) is 217 Å². The second kappa shape index (κ2) is 11.8. The van der Waals surface area contributed by atoms with Crippen LogP contribution >= 0.6 is 35.3 Å². The van der Waals surface area contributed by atoms with Crippen molar-refractivity contribution in [3.05, 3.63) is 22.6 Å². The number of ether oxygens (including phenoxy) is 1. The Kier molecular flexibility index (Phi) is 8.60. The van der Waals surface area contributed by atoms with E-state index in [-0.39, 0.29) is 40.2 Å². The van der Waals surface area contributed by atoms with E-state index in [1.807, 2.05) is 0 Å². The number of rotatable bonds is 10. The summed E-state index contributed by atoms with van der Waals surface area (Å²) in [4.78, 5) is 61.6. The largest absolute Gasteiger partial charge is 0.477 e. The van der Waals surface area contributed by atoms with Gasteiger partial charge in [0.15, 0.2) is 22.2 Å². The van der Waals surface area contributed by atoms with Gasteiger partial charge in [-0.25, -0.2) is 19.3 Å². The Hall–Kier alpha value is -4.41. The van der Waals surface area contributed by atoms with Gasteiger partial charge in [-0.2, -0.15) is 0 Å². The Morgan fingerprint density at radius 3 is 2.76 bits per heavy atom. The van der Waals surface area contributed by atoms with E-state index in [1.54, 1.807) is 20.8 Å². The van der Waals surface area contributed by atoms with E-state index in [2.05, 4.69) is 36.9 Å². The molecule has 0 bridgehead atoms. The molecule has 0 radical (unpaired) electrons. The minimum Gasteiger partial charge on any atom is -0.477 e. The summed E-state index contributed by atoms with van der Waals surface area (Å²) >= 11 is 7.30. The number of nitrogens with one attached hydrogen (secondary N) is 1. The summed E-state index contributed by atoms with van der Waals surface area (Å²) < 4.78 is 6.39. The number of thiocarbonyl (C=S) groups is 1. The van der Waals surface area contributed by atoms with Gasteiger partial charge < -0.3 is 25.7 Å². The second-order valence-electron chi connectivity index (χ2n) is 9.65. The van der Waals surface area contributed by atoms with Crippen LogP contribution in [0.1, 0.15) is 32.3 Å². The van der Waals surface area contributed by atoms with Gasteiger partial charge in [-0.1, -0.05) is 23.3 Å². The van der Waals surface area contributed by atoms with Crippen LogP contribution in [0.4, 0.5) is 5.13 Å². The number of carbonyl (C=O) groups is 4. The number of terminal acetylenes is 1. The van der Waals surface area contributed by atoms with E-state index in [9.17, 15) is 24.3 Å². The number of carboxylic acids is 1. The third-order valence-electron chi connectivity index (χ3n) is 5.60. The number of nitrogens with two attached hydrogens (primary N) is 1. The lowest BCUT2D eigenvalue weighted by Crippen LogP contribution is -2.80. The van der Waals surface area contributed by atoms with Crippen molar-refractivity contribution in [3.63, 3.8) is 0 Å². The highest BCUT2D eigenvalue weighted by atomic mass is 32.2.